The van der Waals surface area contributed by atoms with Crippen molar-refractivity contribution < 1.29 is 9.18 Å². The number of rotatable bonds is 1. The summed E-state index contributed by atoms with van der Waals surface area (Å²) in [5.41, 5.74) is 0.643. The van der Waals surface area contributed by atoms with E-state index < -0.39 is 0 Å². The van der Waals surface area contributed by atoms with Crippen LogP contribution in [0.4, 0.5) is 10.1 Å². The fraction of sp³-hybridized carbons (Fsp3) is 0.417. The monoisotopic (exact) mass is 271 g/mol. The van der Waals surface area contributed by atoms with Gasteiger partial charge in [-0.1, -0.05) is 6.07 Å². The van der Waals surface area contributed by atoms with Crippen molar-refractivity contribution in [3.05, 3.63) is 30.1 Å². The molecular formula is C12H15ClFN3O. The Morgan fingerprint density at radius 3 is 2.94 bits per heavy atom. The molecular weight excluding hydrogens is 257 g/mol. The van der Waals surface area contributed by atoms with E-state index in [1.807, 2.05) is 0 Å². The largest absolute Gasteiger partial charge is 0.313 e. The molecule has 0 radical (unpaired) electrons. The highest BCUT2D eigenvalue weighted by Gasteiger charge is 2.40. The Kier molecular flexibility index (Phi) is 3.85. The molecule has 2 saturated heterocycles. The summed E-state index contributed by atoms with van der Waals surface area (Å²) in [6.07, 6.45) is 0. The molecule has 1 atom stereocenters. The SMILES string of the molecule is Cl.O=C1C2CNCCN2CN1c1cccc(F)c1. The summed E-state index contributed by atoms with van der Waals surface area (Å²) in [6.45, 7) is 3.02. The Hall–Kier alpha value is -1.17. The molecule has 2 fully saturated rings. The Morgan fingerprint density at radius 2 is 2.22 bits per heavy atom. The number of nitrogens with zero attached hydrogens (tertiary/aromatic N) is 2. The predicted octanol–water partition coefficient (Wildman–Crippen LogP) is 0.825. The first-order chi connectivity index (χ1) is 8.25. The van der Waals surface area contributed by atoms with E-state index >= 15 is 0 Å². The van der Waals surface area contributed by atoms with Gasteiger partial charge in [-0.05, 0) is 18.2 Å². The number of fused-ring (bicyclic) bond motifs is 1. The fourth-order valence-corrected chi connectivity index (χ4v) is 2.44. The van der Waals surface area contributed by atoms with Crippen LogP contribution in [0, 0.1) is 5.82 Å². The molecule has 1 amide bonds. The van der Waals surface area contributed by atoms with Crippen LogP contribution < -0.4 is 10.2 Å². The lowest BCUT2D eigenvalue weighted by Crippen LogP contribution is -2.50. The molecule has 0 aromatic heterocycles. The normalized spacial score (nSPS) is 23.7. The van der Waals surface area contributed by atoms with E-state index in [1.165, 1.54) is 12.1 Å². The first-order valence-electron chi connectivity index (χ1n) is 5.77. The zero-order valence-electron chi connectivity index (χ0n) is 9.80. The number of benzene rings is 1. The van der Waals surface area contributed by atoms with Crippen molar-refractivity contribution in [1.82, 2.24) is 10.2 Å². The van der Waals surface area contributed by atoms with Gasteiger partial charge < -0.3 is 5.32 Å². The zero-order valence-corrected chi connectivity index (χ0v) is 10.6. The van der Waals surface area contributed by atoms with E-state index in [1.54, 1.807) is 17.0 Å². The van der Waals surface area contributed by atoms with Crippen LogP contribution in [0.3, 0.4) is 0 Å². The summed E-state index contributed by atoms with van der Waals surface area (Å²) >= 11 is 0. The molecule has 98 valence electrons. The summed E-state index contributed by atoms with van der Waals surface area (Å²) in [5.74, 6) is -0.249. The maximum absolute atomic E-state index is 13.2. The van der Waals surface area contributed by atoms with Gasteiger partial charge in [0.15, 0.2) is 0 Å². The molecule has 2 aliphatic heterocycles. The molecule has 18 heavy (non-hydrogen) atoms. The molecule has 0 aliphatic carbocycles. The van der Waals surface area contributed by atoms with Gasteiger partial charge >= 0.3 is 0 Å². The number of nitrogens with one attached hydrogen (secondary N) is 1. The Labute approximate surface area is 111 Å². The highest BCUT2D eigenvalue weighted by Crippen LogP contribution is 2.24. The van der Waals surface area contributed by atoms with Crippen LogP contribution in [-0.2, 0) is 4.79 Å². The molecule has 1 N–H and O–H groups in total. The third-order valence-electron chi connectivity index (χ3n) is 3.35. The maximum Gasteiger partial charge on any atom is 0.246 e. The second-order valence-corrected chi connectivity index (χ2v) is 4.42. The minimum atomic E-state index is -0.307. The lowest BCUT2D eigenvalue weighted by molar-refractivity contribution is -0.119. The highest BCUT2D eigenvalue weighted by molar-refractivity contribution is 5.99. The van der Waals surface area contributed by atoms with Crippen molar-refractivity contribution in [2.45, 2.75) is 6.04 Å². The Morgan fingerprint density at radius 1 is 1.39 bits per heavy atom. The molecule has 3 rings (SSSR count). The van der Waals surface area contributed by atoms with Crippen LogP contribution in [0.5, 0.6) is 0 Å². The summed E-state index contributed by atoms with van der Waals surface area (Å²) in [6, 6.07) is 6.11. The van der Waals surface area contributed by atoms with Crippen LogP contribution in [0.15, 0.2) is 24.3 Å². The average Bonchev–Trinajstić information content (AvgIpc) is 2.68. The van der Waals surface area contributed by atoms with Gasteiger partial charge in [0.25, 0.3) is 0 Å². The van der Waals surface area contributed by atoms with Crippen LogP contribution in [0.25, 0.3) is 0 Å². The number of anilines is 1. The van der Waals surface area contributed by atoms with E-state index in [4.69, 9.17) is 0 Å². The number of halogens is 2. The molecule has 0 bridgehead atoms. The minimum absolute atomic E-state index is 0. The highest BCUT2D eigenvalue weighted by atomic mass is 35.5. The van der Waals surface area contributed by atoms with Crippen molar-refractivity contribution in [2.24, 2.45) is 0 Å². The predicted molar refractivity (Wildman–Crippen MR) is 69.4 cm³/mol. The van der Waals surface area contributed by atoms with Crippen molar-refractivity contribution in [2.75, 3.05) is 31.2 Å². The van der Waals surface area contributed by atoms with Crippen LogP contribution in [0.2, 0.25) is 0 Å². The number of piperazine rings is 1. The molecule has 4 nitrogen and oxygen atoms in total. The van der Waals surface area contributed by atoms with Crippen molar-refractivity contribution in [3.63, 3.8) is 0 Å². The average molecular weight is 272 g/mol. The maximum atomic E-state index is 13.2. The van der Waals surface area contributed by atoms with E-state index in [-0.39, 0.29) is 30.2 Å². The van der Waals surface area contributed by atoms with Gasteiger partial charge in [-0.3, -0.25) is 14.6 Å². The first-order valence-corrected chi connectivity index (χ1v) is 5.77. The Bertz CT molecular complexity index is 457. The molecule has 6 heteroatoms. The fourth-order valence-electron chi connectivity index (χ4n) is 2.44. The summed E-state index contributed by atoms with van der Waals surface area (Å²) in [7, 11) is 0. The van der Waals surface area contributed by atoms with Gasteiger partial charge in [0.1, 0.15) is 11.9 Å². The molecule has 1 unspecified atom stereocenters. The topological polar surface area (TPSA) is 35.6 Å². The lowest BCUT2D eigenvalue weighted by atomic mass is 10.2. The lowest BCUT2D eigenvalue weighted by Gasteiger charge is -2.26. The second-order valence-electron chi connectivity index (χ2n) is 4.42. The third-order valence-corrected chi connectivity index (χ3v) is 3.35. The number of hydrogen-bond donors (Lipinski definition) is 1. The van der Waals surface area contributed by atoms with Crippen molar-refractivity contribution >= 4 is 24.0 Å². The number of amides is 1. The second kappa shape index (κ2) is 5.22. The van der Waals surface area contributed by atoms with Gasteiger partial charge in [-0.25, -0.2) is 4.39 Å². The summed E-state index contributed by atoms with van der Waals surface area (Å²) < 4.78 is 13.2. The van der Waals surface area contributed by atoms with E-state index in [9.17, 15) is 9.18 Å². The zero-order chi connectivity index (χ0) is 11.8. The van der Waals surface area contributed by atoms with Gasteiger partial charge in [-0.15, -0.1) is 12.4 Å². The molecule has 1 aromatic carbocycles. The van der Waals surface area contributed by atoms with Crippen LogP contribution in [0.1, 0.15) is 0 Å². The molecule has 1 aromatic rings. The minimum Gasteiger partial charge on any atom is -0.313 e. The quantitative estimate of drug-likeness (QED) is 0.822. The first kappa shape index (κ1) is 13.3. The van der Waals surface area contributed by atoms with Gasteiger partial charge in [-0.2, -0.15) is 0 Å². The van der Waals surface area contributed by atoms with E-state index in [0.29, 0.717) is 18.9 Å². The number of hydrogen-bond acceptors (Lipinski definition) is 3. The third kappa shape index (κ3) is 2.21. The summed E-state index contributed by atoms with van der Waals surface area (Å²) in [5, 5.41) is 3.21. The number of carbonyl (C=O) groups excluding carboxylic acids is 1. The van der Waals surface area contributed by atoms with Gasteiger partial charge in [0.05, 0.1) is 6.67 Å². The molecule has 2 heterocycles. The molecule has 0 saturated carbocycles. The van der Waals surface area contributed by atoms with Crippen molar-refractivity contribution in [1.29, 1.82) is 0 Å². The standard InChI is InChI=1S/C12H14FN3O.ClH/c13-9-2-1-3-10(6-9)16-8-15-5-4-14-7-11(15)12(16)17;/h1-3,6,11,14H,4-5,7-8H2;1H. The molecule has 2 aliphatic rings. The van der Waals surface area contributed by atoms with Crippen LogP contribution in [-0.4, -0.2) is 43.2 Å². The van der Waals surface area contributed by atoms with E-state index in [0.717, 1.165) is 13.1 Å². The van der Waals surface area contributed by atoms with Gasteiger partial charge in [0, 0.05) is 25.3 Å². The van der Waals surface area contributed by atoms with Crippen LogP contribution >= 0.6 is 12.4 Å². The smallest absolute Gasteiger partial charge is 0.246 e. The number of carbonyl (C=O) groups is 1. The van der Waals surface area contributed by atoms with Gasteiger partial charge in [0.2, 0.25) is 5.91 Å². The van der Waals surface area contributed by atoms with E-state index in [2.05, 4.69) is 10.2 Å². The summed E-state index contributed by atoms with van der Waals surface area (Å²) in [4.78, 5) is 16.0. The Balaban J connectivity index is 0.00000120. The molecule has 0 spiro atoms. The van der Waals surface area contributed by atoms with Crippen molar-refractivity contribution in [3.8, 4) is 0 Å².